The summed E-state index contributed by atoms with van der Waals surface area (Å²) in [6.07, 6.45) is 13.9. The van der Waals surface area contributed by atoms with Crippen molar-refractivity contribution in [3.63, 3.8) is 0 Å². The first kappa shape index (κ1) is 27.8. The number of hydrogen-bond acceptors (Lipinski definition) is 6. The van der Waals surface area contributed by atoms with Crippen molar-refractivity contribution >= 4 is 11.9 Å². The van der Waals surface area contributed by atoms with Gasteiger partial charge in [-0.05, 0) is 55.9 Å². The number of carbonyl (C=O) groups excluding carboxylic acids is 2. The highest BCUT2D eigenvalue weighted by Gasteiger charge is 2.57. The number of esters is 2. The number of nitrogens with zero attached hydrogens (tertiary/aromatic N) is 2. The van der Waals surface area contributed by atoms with Gasteiger partial charge in [-0.2, -0.15) is 0 Å². The molecule has 0 spiro atoms. The molecule has 0 heterocycles. The highest BCUT2D eigenvalue weighted by Crippen LogP contribution is 2.47. The van der Waals surface area contributed by atoms with E-state index in [2.05, 4.69) is 0 Å². The number of carbonyl (C=O) groups is 2. The molecule has 6 heteroatoms. The van der Waals surface area contributed by atoms with Crippen molar-refractivity contribution in [2.45, 2.75) is 27.7 Å². The van der Waals surface area contributed by atoms with Gasteiger partial charge in [0.1, 0.15) is 24.0 Å². The van der Waals surface area contributed by atoms with E-state index >= 15 is 0 Å². The van der Waals surface area contributed by atoms with Gasteiger partial charge in [0.25, 0.3) is 0 Å². The summed E-state index contributed by atoms with van der Waals surface area (Å²) in [4.78, 5) is 30.8. The summed E-state index contributed by atoms with van der Waals surface area (Å²) in [6, 6.07) is 0. The molecule has 0 aromatic carbocycles. The summed E-state index contributed by atoms with van der Waals surface area (Å²) in [6.45, 7) is 8.89. The van der Waals surface area contributed by atoms with Crippen molar-refractivity contribution in [2.75, 3.05) is 54.5 Å². The lowest BCUT2D eigenvalue weighted by atomic mass is 9.61. The Labute approximate surface area is 182 Å². The zero-order valence-corrected chi connectivity index (χ0v) is 20.0. The molecule has 0 atom stereocenters. The van der Waals surface area contributed by atoms with E-state index < -0.39 is 22.8 Å². The van der Waals surface area contributed by atoms with E-state index in [0.717, 1.165) is 0 Å². The quantitative estimate of drug-likeness (QED) is 0.336. The Morgan fingerprint density at radius 2 is 0.900 bits per heavy atom. The minimum atomic E-state index is -1.38. The largest absolute Gasteiger partial charge is 0.463 e. The van der Waals surface area contributed by atoms with Crippen LogP contribution in [-0.4, -0.2) is 76.2 Å². The SMILES string of the molecule is C/C=C/C(/C=C/C)(C(=O)OCCN(C)C)C(/C=C/C)(/C=C/C)C(=O)OCCN(C)C. The standard InChI is InChI=1S/C24H40N2O4/c1-9-13-23(14-10-2,21(27)29-19-17-25(5)6)24(15-11-3,16-12-4)22(28)30-20-18-26(7)8/h9-16H,17-20H2,1-8H3/b13-9+,14-10+,15-11+,16-12+. The smallest absolute Gasteiger partial charge is 0.321 e. The molecule has 0 amide bonds. The van der Waals surface area contributed by atoms with E-state index in [1.165, 1.54) is 0 Å². The normalized spacial score (nSPS) is 13.5. The summed E-state index contributed by atoms with van der Waals surface area (Å²) < 4.78 is 11.3. The van der Waals surface area contributed by atoms with Crippen LogP contribution in [0.15, 0.2) is 48.6 Å². The molecule has 0 saturated heterocycles. The van der Waals surface area contributed by atoms with Crippen LogP contribution in [0.25, 0.3) is 0 Å². The molecule has 0 radical (unpaired) electrons. The fraction of sp³-hybridized carbons (Fsp3) is 0.583. The molecule has 0 aliphatic rings. The van der Waals surface area contributed by atoms with Crippen LogP contribution in [0.3, 0.4) is 0 Å². The van der Waals surface area contributed by atoms with Gasteiger partial charge < -0.3 is 19.3 Å². The second kappa shape index (κ2) is 13.9. The second-order valence-electron chi connectivity index (χ2n) is 7.62. The Balaban J connectivity index is 6.51. The third-order valence-corrected chi connectivity index (χ3v) is 4.62. The van der Waals surface area contributed by atoms with Gasteiger partial charge in [0, 0.05) is 13.1 Å². The van der Waals surface area contributed by atoms with Crippen LogP contribution >= 0.6 is 0 Å². The molecule has 0 rings (SSSR count). The summed E-state index contributed by atoms with van der Waals surface area (Å²) in [7, 11) is 7.63. The lowest BCUT2D eigenvalue weighted by Gasteiger charge is -2.40. The molecular formula is C24H40N2O4. The highest BCUT2D eigenvalue weighted by molar-refractivity contribution is 5.95. The predicted octanol–water partition coefficient (Wildman–Crippen LogP) is 3.47. The Hall–Kier alpha value is -2.18. The summed E-state index contributed by atoms with van der Waals surface area (Å²) in [5.74, 6) is -0.998. The van der Waals surface area contributed by atoms with Crippen LogP contribution in [0.2, 0.25) is 0 Å². The molecule has 0 unspecified atom stereocenters. The predicted molar refractivity (Wildman–Crippen MR) is 123 cm³/mol. The van der Waals surface area contributed by atoms with Crippen LogP contribution in [0.5, 0.6) is 0 Å². The molecule has 0 aromatic rings. The van der Waals surface area contributed by atoms with Gasteiger partial charge in [0.05, 0.1) is 0 Å². The van der Waals surface area contributed by atoms with Crippen molar-refractivity contribution in [3.05, 3.63) is 48.6 Å². The molecule has 0 saturated carbocycles. The molecule has 6 nitrogen and oxygen atoms in total. The van der Waals surface area contributed by atoms with Gasteiger partial charge in [-0.3, -0.25) is 9.59 Å². The highest BCUT2D eigenvalue weighted by atomic mass is 16.5. The van der Waals surface area contributed by atoms with E-state index in [1.54, 1.807) is 48.6 Å². The van der Waals surface area contributed by atoms with Gasteiger partial charge in [0.15, 0.2) is 0 Å². The molecule has 30 heavy (non-hydrogen) atoms. The zero-order chi connectivity index (χ0) is 23.2. The van der Waals surface area contributed by atoms with Crippen molar-refractivity contribution < 1.29 is 19.1 Å². The minimum Gasteiger partial charge on any atom is -0.463 e. The average molecular weight is 421 g/mol. The number of likely N-dealkylation sites (N-methyl/N-ethyl adjacent to an activating group) is 2. The molecule has 0 N–H and O–H groups in total. The van der Waals surface area contributed by atoms with E-state index in [4.69, 9.17) is 9.47 Å². The lowest BCUT2D eigenvalue weighted by molar-refractivity contribution is -0.166. The maximum absolute atomic E-state index is 13.5. The van der Waals surface area contributed by atoms with Crippen molar-refractivity contribution in [1.29, 1.82) is 0 Å². The van der Waals surface area contributed by atoms with Crippen LogP contribution in [0.4, 0.5) is 0 Å². The van der Waals surface area contributed by atoms with E-state index in [-0.39, 0.29) is 13.2 Å². The molecule has 0 aromatic heterocycles. The second-order valence-corrected chi connectivity index (χ2v) is 7.62. The monoisotopic (exact) mass is 420 g/mol. The van der Waals surface area contributed by atoms with Gasteiger partial charge in [-0.15, -0.1) is 0 Å². The summed E-state index contributed by atoms with van der Waals surface area (Å²) in [5.41, 5.74) is -2.76. The molecule has 170 valence electrons. The Bertz CT molecular complexity index is 566. The van der Waals surface area contributed by atoms with Crippen LogP contribution in [0, 0.1) is 10.8 Å². The van der Waals surface area contributed by atoms with E-state index in [9.17, 15) is 9.59 Å². The first-order valence-corrected chi connectivity index (χ1v) is 10.4. The van der Waals surface area contributed by atoms with Crippen LogP contribution < -0.4 is 0 Å². The minimum absolute atomic E-state index is 0.222. The van der Waals surface area contributed by atoms with Crippen molar-refractivity contribution in [3.8, 4) is 0 Å². The van der Waals surface area contributed by atoms with Gasteiger partial charge in [-0.1, -0.05) is 48.6 Å². The Morgan fingerprint density at radius 1 is 0.633 bits per heavy atom. The molecule has 0 fully saturated rings. The Morgan fingerprint density at radius 3 is 1.10 bits per heavy atom. The maximum atomic E-state index is 13.5. The first-order chi connectivity index (χ1) is 14.2. The molecule has 0 bridgehead atoms. The van der Waals surface area contributed by atoms with Gasteiger partial charge in [0.2, 0.25) is 0 Å². The van der Waals surface area contributed by atoms with Crippen molar-refractivity contribution in [2.24, 2.45) is 10.8 Å². The number of hydrogen-bond donors (Lipinski definition) is 0. The Kier molecular flexibility index (Phi) is 12.9. The number of allylic oxidation sites excluding steroid dienone is 4. The molecular weight excluding hydrogens is 380 g/mol. The molecule has 0 aliphatic carbocycles. The number of rotatable bonds is 13. The third-order valence-electron chi connectivity index (χ3n) is 4.62. The fourth-order valence-electron chi connectivity index (χ4n) is 3.20. The van der Waals surface area contributed by atoms with Crippen LogP contribution in [0.1, 0.15) is 27.7 Å². The van der Waals surface area contributed by atoms with Gasteiger partial charge >= 0.3 is 11.9 Å². The average Bonchev–Trinajstić information content (AvgIpc) is 2.66. The van der Waals surface area contributed by atoms with Gasteiger partial charge in [-0.25, -0.2) is 0 Å². The fourth-order valence-corrected chi connectivity index (χ4v) is 3.20. The van der Waals surface area contributed by atoms with E-state index in [1.807, 2.05) is 65.7 Å². The topological polar surface area (TPSA) is 59.1 Å². The number of ether oxygens (including phenoxy) is 2. The van der Waals surface area contributed by atoms with Crippen molar-refractivity contribution in [1.82, 2.24) is 9.80 Å². The summed E-state index contributed by atoms with van der Waals surface area (Å²) >= 11 is 0. The van der Waals surface area contributed by atoms with Crippen LogP contribution in [-0.2, 0) is 19.1 Å². The third kappa shape index (κ3) is 7.26. The maximum Gasteiger partial charge on any atom is 0.321 e. The van der Waals surface area contributed by atoms with E-state index in [0.29, 0.717) is 13.1 Å². The zero-order valence-electron chi connectivity index (χ0n) is 20.0. The first-order valence-electron chi connectivity index (χ1n) is 10.4. The molecule has 0 aliphatic heterocycles. The lowest BCUT2D eigenvalue weighted by Crippen LogP contribution is -2.50. The summed E-state index contributed by atoms with van der Waals surface area (Å²) in [5, 5.41) is 0.